The van der Waals surface area contributed by atoms with E-state index in [4.69, 9.17) is 5.11 Å². The molecule has 4 N–H and O–H groups in total. The predicted octanol–water partition coefficient (Wildman–Crippen LogP) is 4.50. The number of fused-ring (bicyclic) bond motifs is 1. The number of aliphatic hydroxyl groups is 3. The molecule has 0 amide bonds. The van der Waals surface area contributed by atoms with Crippen LogP contribution in [0.4, 0.5) is 0 Å². The van der Waals surface area contributed by atoms with E-state index in [1.807, 2.05) is 24.3 Å². The van der Waals surface area contributed by atoms with Crippen molar-refractivity contribution in [2.45, 2.75) is 76.1 Å². The summed E-state index contributed by atoms with van der Waals surface area (Å²) in [7, 11) is 0. The molecular weight excluding hydrogens is 388 g/mol. The number of carbonyl (C=O) groups is 1. The van der Waals surface area contributed by atoms with Crippen molar-refractivity contribution in [3.05, 3.63) is 35.2 Å². The van der Waals surface area contributed by atoms with Crippen molar-refractivity contribution >= 4 is 27.4 Å². The van der Waals surface area contributed by atoms with Crippen molar-refractivity contribution in [1.29, 1.82) is 0 Å². The first-order valence-corrected chi connectivity index (χ1v) is 11.5. The Balaban J connectivity index is 1.48. The maximum absolute atomic E-state index is 10.7. The molecule has 1 aliphatic rings. The monoisotopic (exact) mass is 420 g/mol. The van der Waals surface area contributed by atoms with E-state index < -0.39 is 24.3 Å². The number of unbranched alkanes of at least 4 members (excludes halogenated alkanes) is 3. The van der Waals surface area contributed by atoms with Gasteiger partial charge in [-0.2, -0.15) is 0 Å². The normalized spacial score (nSPS) is 25.5. The number of hydrogen-bond donors (Lipinski definition) is 4. The second-order valence-electron chi connectivity index (χ2n) is 8.32. The van der Waals surface area contributed by atoms with E-state index in [1.54, 1.807) is 11.3 Å². The van der Waals surface area contributed by atoms with Crippen LogP contribution in [0.15, 0.2) is 30.3 Å². The van der Waals surface area contributed by atoms with Crippen LogP contribution in [0.1, 0.15) is 68.8 Å². The highest BCUT2D eigenvalue weighted by atomic mass is 32.1. The van der Waals surface area contributed by atoms with Crippen LogP contribution in [0.3, 0.4) is 0 Å². The van der Waals surface area contributed by atoms with E-state index in [0.29, 0.717) is 25.7 Å². The molecule has 1 aromatic carbocycles. The zero-order chi connectivity index (χ0) is 20.8. The maximum Gasteiger partial charge on any atom is 0.303 e. The van der Waals surface area contributed by atoms with Gasteiger partial charge < -0.3 is 20.4 Å². The highest BCUT2D eigenvalue weighted by Crippen LogP contribution is 2.41. The zero-order valence-electron chi connectivity index (χ0n) is 16.7. The summed E-state index contributed by atoms with van der Waals surface area (Å²) in [6.45, 7) is 0. The first-order chi connectivity index (χ1) is 14.0. The van der Waals surface area contributed by atoms with Crippen LogP contribution < -0.4 is 0 Å². The second-order valence-corrected chi connectivity index (χ2v) is 9.44. The first-order valence-electron chi connectivity index (χ1n) is 10.7. The van der Waals surface area contributed by atoms with Gasteiger partial charge in [-0.3, -0.25) is 4.79 Å². The highest BCUT2D eigenvalue weighted by molar-refractivity contribution is 7.19. The van der Waals surface area contributed by atoms with Gasteiger partial charge in [-0.25, -0.2) is 0 Å². The van der Waals surface area contributed by atoms with Gasteiger partial charge in [0, 0.05) is 16.0 Å². The molecule has 0 spiro atoms. The fourth-order valence-corrected chi connectivity index (χ4v) is 5.73. The lowest BCUT2D eigenvalue weighted by molar-refractivity contribution is -0.137. The predicted molar refractivity (Wildman–Crippen MR) is 115 cm³/mol. The van der Waals surface area contributed by atoms with Gasteiger partial charge >= 0.3 is 5.97 Å². The van der Waals surface area contributed by atoms with Crippen molar-refractivity contribution in [1.82, 2.24) is 0 Å². The Morgan fingerprint density at radius 2 is 1.72 bits per heavy atom. The average Bonchev–Trinajstić information content (AvgIpc) is 3.23. The van der Waals surface area contributed by atoms with Crippen molar-refractivity contribution in [2.75, 3.05) is 0 Å². The van der Waals surface area contributed by atoms with Crippen LogP contribution in [0.5, 0.6) is 0 Å². The van der Waals surface area contributed by atoms with E-state index in [2.05, 4.69) is 6.07 Å². The molecule has 1 fully saturated rings. The lowest BCUT2D eigenvalue weighted by Crippen LogP contribution is -2.23. The summed E-state index contributed by atoms with van der Waals surface area (Å²) < 4.78 is 1.17. The molecule has 29 heavy (non-hydrogen) atoms. The van der Waals surface area contributed by atoms with Gasteiger partial charge in [0.25, 0.3) is 0 Å². The van der Waals surface area contributed by atoms with E-state index in [1.165, 1.54) is 4.70 Å². The molecule has 160 valence electrons. The minimum atomic E-state index is -0.753. The van der Waals surface area contributed by atoms with Crippen LogP contribution >= 0.6 is 11.3 Å². The van der Waals surface area contributed by atoms with E-state index >= 15 is 0 Å². The Hall–Kier alpha value is -1.47. The molecule has 2 unspecified atom stereocenters. The minimum absolute atomic E-state index is 0.00745. The molecule has 0 aliphatic heterocycles. The quantitative estimate of drug-likeness (QED) is 0.401. The molecule has 0 saturated heterocycles. The Labute approximate surface area is 176 Å². The molecule has 6 heteroatoms. The molecule has 5 atom stereocenters. The number of thiophene rings is 1. The molecule has 3 rings (SSSR count). The molecule has 1 aliphatic carbocycles. The number of carboxylic acids is 1. The molecule has 1 saturated carbocycles. The second kappa shape index (κ2) is 10.5. The van der Waals surface area contributed by atoms with Gasteiger partial charge in [-0.05, 0) is 61.5 Å². The molecule has 2 aromatic rings. The Kier molecular flexibility index (Phi) is 8.07. The third-order valence-electron chi connectivity index (χ3n) is 6.25. The van der Waals surface area contributed by atoms with Crippen LogP contribution in [-0.2, 0) is 4.79 Å². The summed E-state index contributed by atoms with van der Waals surface area (Å²) in [6.07, 6.45) is 4.64. The van der Waals surface area contributed by atoms with Gasteiger partial charge in [-0.15, -0.1) is 11.3 Å². The number of aliphatic hydroxyl groups excluding tert-OH is 3. The average molecular weight is 421 g/mol. The SMILES string of the molecule is O=C(O)CCCCCC[C@@H]1C(CCC(O)c2cc3ccccc3s2)[C@H](O)C[C@@H]1O. The van der Waals surface area contributed by atoms with Crippen molar-refractivity contribution in [3.8, 4) is 0 Å². The topological polar surface area (TPSA) is 98.0 Å². The molecule has 1 aromatic heterocycles. The summed E-state index contributed by atoms with van der Waals surface area (Å²) >= 11 is 1.61. The summed E-state index contributed by atoms with van der Waals surface area (Å²) in [5, 5.41) is 41.3. The molecule has 5 nitrogen and oxygen atoms in total. The lowest BCUT2D eigenvalue weighted by atomic mass is 9.84. The summed E-state index contributed by atoms with van der Waals surface area (Å²) in [4.78, 5) is 11.5. The fraction of sp³-hybridized carbons (Fsp3) is 0.609. The fourth-order valence-electron chi connectivity index (χ4n) is 4.65. The summed E-state index contributed by atoms with van der Waals surface area (Å²) in [5.41, 5.74) is 0. The largest absolute Gasteiger partial charge is 0.481 e. The van der Waals surface area contributed by atoms with Crippen LogP contribution in [0, 0.1) is 11.8 Å². The zero-order valence-corrected chi connectivity index (χ0v) is 17.6. The van der Waals surface area contributed by atoms with Gasteiger partial charge in [0.1, 0.15) is 0 Å². The molecule has 0 radical (unpaired) electrons. The van der Waals surface area contributed by atoms with Gasteiger partial charge in [0.2, 0.25) is 0 Å². The standard InChI is InChI=1S/C23H32O5S/c24-18(22-13-15-7-5-6-9-21(15)29-22)12-11-17-16(19(25)14-20(17)26)8-3-1-2-4-10-23(27)28/h5-7,9,13,16-20,24-26H,1-4,8,10-12,14H2,(H,27,28)/t16-,17?,18?,19+,20-/m1/s1. The Bertz CT molecular complexity index is 755. The summed E-state index contributed by atoms with van der Waals surface area (Å²) in [6, 6.07) is 10.1. The minimum Gasteiger partial charge on any atom is -0.481 e. The van der Waals surface area contributed by atoms with E-state index in [-0.39, 0.29) is 18.3 Å². The van der Waals surface area contributed by atoms with E-state index in [9.17, 15) is 20.1 Å². The number of carboxylic acid groups (broad SMARTS) is 1. The smallest absolute Gasteiger partial charge is 0.303 e. The highest BCUT2D eigenvalue weighted by Gasteiger charge is 2.40. The number of rotatable bonds is 11. The molecule has 1 heterocycles. The third kappa shape index (κ3) is 6.01. The van der Waals surface area contributed by atoms with Gasteiger partial charge in [-0.1, -0.05) is 37.5 Å². The first kappa shape index (κ1) is 22.2. The number of benzene rings is 1. The van der Waals surface area contributed by atoms with Crippen LogP contribution in [0.25, 0.3) is 10.1 Å². The Morgan fingerprint density at radius 1 is 1.03 bits per heavy atom. The lowest BCUT2D eigenvalue weighted by Gasteiger charge is -2.24. The third-order valence-corrected chi connectivity index (χ3v) is 7.46. The van der Waals surface area contributed by atoms with Crippen molar-refractivity contribution < 1.29 is 25.2 Å². The van der Waals surface area contributed by atoms with Crippen LogP contribution in [0.2, 0.25) is 0 Å². The Morgan fingerprint density at radius 3 is 2.45 bits per heavy atom. The van der Waals surface area contributed by atoms with Crippen LogP contribution in [-0.4, -0.2) is 38.6 Å². The van der Waals surface area contributed by atoms with Crippen molar-refractivity contribution in [3.63, 3.8) is 0 Å². The summed E-state index contributed by atoms with van der Waals surface area (Å²) in [5.74, 6) is -0.691. The van der Waals surface area contributed by atoms with Crippen molar-refractivity contribution in [2.24, 2.45) is 11.8 Å². The number of hydrogen-bond acceptors (Lipinski definition) is 5. The van der Waals surface area contributed by atoms with Gasteiger partial charge in [0.05, 0.1) is 18.3 Å². The van der Waals surface area contributed by atoms with E-state index in [0.717, 1.165) is 35.9 Å². The van der Waals surface area contributed by atoms with Gasteiger partial charge in [0.15, 0.2) is 0 Å². The number of aliphatic carboxylic acids is 1. The molecular formula is C23H32O5S. The maximum atomic E-state index is 10.7. The molecule has 0 bridgehead atoms.